The molecule has 0 spiro atoms. The van der Waals surface area contributed by atoms with E-state index >= 15 is 0 Å². The molecule has 7 nitrogen and oxygen atoms in total. The van der Waals surface area contributed by atoms with Gasteiger partial charge in [0.05, 0.1) is 28.2 Å². The SMILES string of the molecule is CCc1ccc(C)cc1-n1c(C=C(C)C)c(C(=O)N2CCNCC2)cc(-c2nc(-c3ccc(C(F)F)nc3)cs2)c1=O. The Bertz CT molecular complexity index is 1700. The number of piperazine rings is 1. The number of aromatic nitrogens is 3. The number of alkyl halides is 2. The molecule has 1 saturated heterocycles. The molecule has 0 bridgehead atoms. The van der Waals surface area contributed by atoms with Crippen LogP contribution in [0.2, 0.25) is 0 Å². The van der Waals surface area contributed by atoms with Crippen molar-refractivity contribution in [2.45, 2.75) is 40.5 Å². The molecule has 218 valence electrons. The molecule has 10 heteroatoms. The number of amides is 1. The van der Waals surface area contributed by atoms with E-state index in [0.717, 1.165) is 22.4 Å². The van der Waals surface area contributed by atoms with Crippen molar-refractivity contribution >= 4 is 23.3 Å². The van der Waals surface area contributed by atoms with Crippen molar-refractivity contribution in [3.63, 3.8) is 0 Å². The molecule has 1 fully saturated rings. The van der Waals surface area contributed by atoms with Crippen molar-refractivity contribution < 1.29 is 13.6 Å². The fourth-order valence-electron chi connectivity index (χ4n) is 5.04. The lowest BCUT2D eigenvalue weighted by Crippen LogP contribution is -2.47. The number of carbonyl (C=O) groups excluding carboxylic acids is 1. The van der Waals surface area contributed by atoms with Gasteiger partial charge in [0.1, 0.15) is 10.7 Å². The first-order chi connectivity index (χ1) is 20.2. The molecule has 4 aromatic rings. The molecule has 0 radical (unpaired) electrons. The van der Waals surface area contributed by atoms with Crippen LogP contribution in [-0.2, 0) is 6.42 Å². The van der Waals surface area contributed by atoms with Crippen LogP contribution >= 0.6 is 11.3 Å². The summed E-state index contributed by atoms with van der Waals surface area (Å²) in [5.41, 5.74) is 5.41. The number of aryl methyl sites for hydroxylation is 2. The van der Waals surface area contributed by atoms with Gasteiger partial charge in [-0.05, 0) is 68.7 Å². The van der Waals surface area contributed by atoms with Crippen LogP contribution in [0.3, 0.4) is 0 Å². The number of rotatable bonds is 7. The standard InChI is InChI=1S/C32H33F2N5O2S/c1-5-21-7-6-20(4)15-27(21)39-28(14-19(2)3)23(31(40)38-12-10-35-11-13-38)16-24(32(39)41)30-37-26(18-42-30)22-8-9-25(29(33)34)36-17-22/h6-9,14-18,29,35H,5,10-13H2,1-4H3. The van der Waals surface area contributed by atoms with Crippen molar-refractivity contribution in [2.75, 3.05) is 26.2 Å². The summed E-state index contributed by atoms with van der Waals surface area (Å²) < 4.78 is 27.7. The normalized spacial score (nSPS) is 13.5. The molecule has 0 atom stereocenters. The number of hydrogen-bond donors (Lipinski definition) is 1. The highest BCUT2D eigenvalue weighted by Crippen LogP contribution is 2.31. The van der Waals surface area contributed by atoms with E-state index in [4.69, 9.17) is 4.98 Å². The van der Waals surface area contributed by atoms with E-state index in [2.05, 4.69) is 10.3 Å². The van der Waals surface area contributed by atoms with Crippen molar-refractivity contribution in [1.29, 1.82) is 0 Å². The molecule has 1 aliphatic heterocycles. The number of benzene rings is 1. The number of pyridine rings is 2. The number of allylic oxidation sites excluding steroid dienone is 1. The van der Waals surface area contributed by atoms with Crippen LogP contribution in [-0.4, -0.2) is 51.5 Å². The number of thiazole rings is 1. The Morgan fingerprint density at radius 3 is 2.55 bits per heavy atom. The molecular weight excluding hydrogens is 556 g/mol. The molecule has 5 rings (SSSR count). The van der Waals surface area contributed by atoms with Gasteiger partial charge in [-0.25, -0.2) is 13.8 Å². The van der Waals surface area contributed by atoms with Gasteiger partial charge in [-0.2, -0.15) is 0 Å². The maximum absolute atomic E-state index is 14.4. The predicted molar refractivity (Wildman–Crippen MR) is 164 cm³/mol. The van der Waals surface area contributed by atoms with Gasteiger partial charge < -0.3 is 10.2 Å². The Kier molecular flexibility index (Phi) is 8.74. The van der Waals surface area contributed by atoms with Crippen LogP contribution in [0.1, 0.15) is 60.1 Å². The Labute approximate surface area is 247 Å². The summed E-state index contributed by atoms with van der Waals surface area (Å²) >= 11 is 1.26. The van der Waals surface area contributed by atoms with Gasteiger partial charge >= 0.3 is 0 Å². The maximum Gasteiger partial charge on any atom is 0.280 e. The van der Waals surface area contributed by atoms with E-state index in [-0.39, 0.29) is 17.2 Å². The van der Waals surface area contributed by atoms with Crippen LogP contribution in [0.4, 0.5) is 8.78 Å². The van der Waals surface area contributed by atoms with Gasteiger partial charge in [0.15, 0.2) is 0 Å². The van der Waals surface area contributed by atoms with Crippen molar-refractivity contribution in [3.05, 3.63) is 92.0 Å². The number of carbonyl (C=O) groups is 1. The Hall–Kier alpha value is -4.02. The van der Waals surface area contributed by atoms with E-state index in [0.29, 0.717) is 65.7 Å². The third-order valence-electron chi connectivity index (χ3n) is 7.20. The van der Waals surface area contributed by atoms with Gasteiger partial charge in [-0.15, -0.1) is 11.3 Å². The summed E-state index contributed by atoms with van der Waals surface area (Å²) in [7, 11) is 0. The molecule has 1 aromatic carbocycles. The number of halogens is 2. The first kappa shape index (κ1) is 29.5. The topological polar surface area (TPSA) is 80.1 Å². The van der Waals surface area contributed by atoms with E-state index in [1.54, 1.807) is 22.1 Å². The zero-order valence-electron chi connectivity index (χ0n) is 24.1. The molecule has 1 N–H and O–H groups in total. The summed E-state index contributed by atoms with van der Waals surface area (Å²) in [4.78, 5) is 38.9. The van der Waals surface area contributed by atoms with Gasteiger partial charge in [0, 0.05) is 43.3 Å². The summed E-state index contributed by atoms with van der Waals surface area (Å²) in [5, 5.41) is 5.49. The molecule has 0 saturated carbocycles. The highest BCUT2D eigenvalue weighted by atomic mass is 32.1. The molecule has 4 heterocycles. The lowest BCUT2D eigenvalue weighted by Gasteiger charge is -2.29. The molecule has 1 amide bonds. The Balaban J connectivity index is 1.76. The van der Waals surface area contributed by atoms with Crippen LogP contribution in [0.25, 0.3) is 33.6 Å². The summed E-state index contributed by atoms with van der Waals surface area (Å²) in [6.45, 7) is 10.4. The number of hydrogen-bond acceptors (Lipinski definition) is 6. The smallest absolute Gasteiger partial charge is 0.280 e. The highest BCUT2D eigenvalue weighted by molar-refractivity contribution is 7.13. The summed E-state index contributed by atoms with van der Waals surface area (Å²) in [6, 6.07) is 10.5. The molecule has 0 unspecified atom stereocenters. The van der Waals surface area contributed by atoms with Gasteiger partial charge in [-0.3, -0.25) is 19.1 Å². The highest BCUT2D eigenvalue weighted by Gasteiger charge is 2.27. The first-order valence-corrected chi connectivity index (χ1v) is 14.8. The third kappa shape index (κ3) is 5.96. The monoisotopic (exact) mass is 589 g/mol. The van der Waals surface area contributed by atoms with E-state index in [1.165, 1.54) is 23.6 Å². The molecule has 3 aromatic heterocycles. The number of nitrogens with zero attached hydrogens (tertiary/aromatic N) is 4. The second kappa shape index (κ2) is 12.5. The average molecular weight is 590 g/mol. The third-order valence-corrected chi connectivity index (χ3v) is 8.08. The van der Waals surface area contributed by atoms with Crippen molar-refractivity contribution in [2.24, 2.45) is 0 Å². The van der Waals surface area contributed by atoms with E-state index in [9.17, 15) is 18.4 Å². The second-order valence-electron chi connectivity index (χ2n) is 10.6. The lowest BCUT2D eigenvalue weighted by atomic mass is 10.0. The molecule has 42 heavy (non-hydrogen) atoms. The maximum atomic E-state index is 14.4. The molecule has 0 aliphatic carbocycles. The Morgan fingerprint density at radius 1 is 1.14 bits per heavy atom. The van der Waals surface area contributed by atoms with Gasteiger partial charge in [0.25, 0.3) is 17.9 Å². The van der Waals surface area contributed by atoms with Gasteiger partial charge in [0.2, 0.25) is 0 Å². The first-order valence-electron chi connectivity index (χ1n) is 13.9. The van der Waals surface area contributed by atoms with E-state index < -0.39 is 6.43 Å². The lowest BCUT2D eigenvalue weighted by molar-refractivity contribution is 0.0735. The minimum absolute atomic E-state index is 0.145. The van der Waals surface area contributed by atoms with Crippen molar-refractivity contribution in [3.8, 4) is 27.5 Å². The Morgan fingerprint density at radius 2 is 1.90 bits per heavy atom. The van der Waals surface area contributed by atoms with Crippen LogP contribution in [0.5, 0.6) is 0 Å². The van der Waals surface area contributed by atoms with Crippen LogP contribution < -0.4 is 10.9 Å². The zero-order chi connectivity index (χ0) is 30.0. The van der Waals surface area contributed by atoms with Crippen LogP contribution in [0.15, 0.2) is 58.3 Å². The minimum atomic E-state index is -2.66. The predicted octanol–water partition coefficient (Wildman–Crippen LogP) is 6.30. The summed E-state index contributed by atoms with van der Waals surface area (Å²) in [6.07, 6.45) is 1.29. The minimum Gasteiger partial charge on any atom is -0.336 e. The van der Waals surface area contributed by atoms with Gasteiger partial charge in [-0.1, -0.05) is 24.6 Å². The van der Waals surface area contributed by atoms with Crippen molar-refractivity contribution in [1.82, 2.24) is 24.8 Å². The average Bonchev–Trinajstić information content (AvgIpc) is 3.47. The number of nitrogens with one attached hydrogen (secondary N) is 1. The second-order valence-corrected chi connectivity index (χ2v) is 11.4. The summed E-state index contributed by atoms with van der Waals surface area (Å²) in [5.74, 6) is -0.145. The van der Waals surface area contributed by atoms with Crippen LogP contribution in [0, 0.1) is 6.92 Å². The van der Waals surface area contributed by atoms with E-state index in [1.807, 2.05) is 56.9 Å². The zero-order valence-corrected chi connectivity index (χ0v) is 24.9. The molecule has 1 aliphatic rings. The fraction of sp³-hybridized carbons (Fsp3) is 0.312. The molecular formula is C32H33F2N5O2S. The quantitative estimate of drug-likeness (QED) is 0.274. The largest absolute Gasteiger partial charge is 0.336 e. The fourth-order valence-corrected chi connectivity index (χ4v) is 5.88.